The summed E-state index contributed by atoms with van der Waals surface area (Å²) < 4.78 is 33.7. The van der Waals surface area contributed by atoms with Gasteiger partial charge in [-0.3, -0.25) is 0 Å². The van der Waals surface area contributed by atoms with E-state index in [1.54, 1.807) is 12.3 Å². The summed E-state index contributed by atoms with van der Waals surface area (Å²) in [6.45, 7) is 0.465. The lowest BCUT2D eigenvalue weighted by Crippen LogP contribution is -1.99. The zero-order chi connectivity index (χ0) is 17.1. The maximum absolute atomic E-state index is 14.1. The molecule has 0 amide bonds. The number of nitrogens with zero attached hydrogens (tertiary/aromatic N) is 1. The standard InChI is InChI=1S/C16H10Cl2F2N2OS/c17-11-2-1-3-14(15(11)20)23-13-5-4-9(6-12(13)19)21-7-10-8-22-16(18)24-10/h1-6,8,21H,7H2. The lowest BCUT2D eigenvalue weighted by Gasteiger charge is -2.10. The number of rotatable bonds is 5. The average molecular weight is 387 g/mol. The third-order valence-corrected chi connectivity index (χ3v) is 4.47. The molecule has 0 spiro atoms. The van der Waals surface area contributed by atoms with Crippen LogP contribution in [0.5, 0.6) is 11.5 Å². The number of hydrogen-bond acceptors (Lipinski definition) is 4. The van der Waals surface area contributed by atoms with Crippen molar-refractivity contribution in [1.29, 1.82) is 0 Å². The van der Waals surface area contributed by atoms with Gasteiger partial charge >= 0.3 is 0 Å². The van der Waals surface area contributed by atoms with Crippen molar-refractivity contribution in [3.63, 3.8) is 0 Å². The van der Waals surface area contributed by atoms with Crippen molar-refractivity contribution in [3.8, 4) is 11.5 Å². The number of hydrogen-bond donors (Lipinski definition) is 1. The molecular formula is C16H10Cl2F2N2OS. The van der Waals surface area contributed by atoms with E-state index in [1.807, 2.05) is 0 Å². The molecule has 0 radical (unpaired) electrons. The Hall–Kier alpha value is -1.89. The molecule has 3 nitrogen and oxygen atoms in total. The summed E-state index contributed by atoms with van der Waals surface area (Å²) in [7, 11) is 0. The smallest absolute Gasteiger partial charge is 0.184 e. The van der Waals surface area contributed by atoms with Crippen LogP contribution >= 0.6 is 34.5 Å². The van der Waals surface area contributed by atoms with Crippen LogP contribution in [0, 0.1) is 11.6 Å². The fraction of sp³-hybridized carbons (Fsp3) is 0.0625. The van der Waals surface area contributed by atoms with Crippen LogP contribution in [-0.2, 0) is 6.54 Å². The molecule has 0 atom stereocenters. The summed E-state index contributed by atoms with van der Waals surface area (Å²) >= 11 is 12.8. The topological polar surface area (TPSA) is 34.2 Å². The predicted octanol–water partition coefficient (Wildman–Crippen LogP) is 6.13. The monoisotopic (exact) mass is 386 g/mol. The van der Waals surface area contributed by atoms with E-state index in [9.17, 15) is 8.78 Å². The van der Waals surface area contributed by atoms with Crippen LogP contribution in [0.2, 0.25) is 9.49 Å². The summed E-state index contributed by atoms with van der Waals surface area (Å²) in [5, 5.41) is 2.96. The number of anilines is 1. The van der Waals surface area contributed by atoms with Gasteiger partial charge in [-0.05, 0) is 24.3 Å². The molecule has 0 fully saturated rings. The van der Waals surface area contributed by atoms with Gasteiger partial charge in [-0.15, -0.1) is 11.3 Å². The minimum atomic E-state index is -0.733. The molecule has 3 aromatic rings. The van der Waals surface area contributed by atoms with Gasteiger partial charge in [-0.2, -0.15) is 0 Å². The molecule has 0 aliphatic rings. The Kier molecular flexibility index (Phi) is 5.18. The number of benzene rings is 2. The van der Waals surface area contributed by atoms with E-state index in [0.717, 1.165) is 4.88 Å². The molecule has 0 aliphatic carbocycles. The van der Waals surface area contributed by atoms with Crippen molar-refractivity contribution >= 4 is 40.2 Å². The van der Waals surface area contributed by atoms with Gasteiger partial charge in [0.1, 0.15) is 0 Å². The fourth-order valence-corrected chi connectivity index (χ4v) is 3.01. The van der Waals surface area contributed by atoms with Crippen LogP contribution in [0.25, 0.3) is 0 Å². The molecular weight excluding hydrogens is 377 g/mol. The Balaban J connectivity index is 1.71. The second-order valence-corrected chi connectivity index (χ2v) is 6.84. The fourth-order valence-electron chi connectivity index (χ4n) is 1.93. The SMILES string of the molecule is Fc1cc(NCc2cnc(Cl)s2)ccc1Oc1cccc(Cl)c1F. The van der Waals surface area contributed by atoms with E-state index >= 15 is 0 Å². The van der Waals surface area contributed by atoms with Crippen molar-refractivity contribution < 1.29 is 13.5 Å². The molecule has 124 valence electrons. The van der Waals surface area contributed by atoms with E-state index in [0.29, 0.717) is 16.7 Å². The maximum Gasteiger partial charge on any atom is 0.184 e. The van der Waals surface area contributed by atoms with E-state index < -0.39 is 11.6 Å². The average Bonchev–Trinajstić information content (AvgIpc) is 2.97. The van der Waals surface area contributed by atoms with Crippen molar-refractivity contribution in [2.45, 2.75) is 6.54 Å². The summed E-state index contributed by atoms with van der Waals surface area (Å²) in [4.78, 5) is 4.84. The molecule has 8 heteroatoms. The Morgan fingerprint density at radius 1 is 1.12 bits per heavy atom. The van der Waals surface area contributed by atoms with Gasteiger partial charge in [-0.25, -0.2) is 13.8 Å². The van der Waals surface area contributed by atoms with Gasteiger partial charge in [0.15, 0.2) is 27.6 Å². The number of thiazole rings is 1. The highest BCUT2D eigenvalue weighted by Gasteiger charge is 2.12. The van der Waals surface area contributed by atoms with Crippen LogP contribution in [0.1, 0.15) is 4.88 Å². The van der Waals surface area contributed by atoms with E-state index in [4.69, 9.17) is 27.9 Å². The molecule has 0 unspecified atom stereocenters. The van der Waals surface area contributed by atoms with Gasteiger partial charge in [0, 0.05) is 22.8 Å². The van der Waals surface area contributed by atoms with Gasteiger partial charge < -0.3 is 10.1 Å². The third kappa shape index (κ3) is 3.95. The molecule has 3 rings (SSSR count). The molecule has 0 saturated heterocycles. The quantitative estimate of drug-likeness (QED) is 0.572. The Labute approximate surface area is 150 Å². The number of halogens is 4. The zero-order valence-electron chi connectivity index (χ0n) is 12.0. The van der Waals surface area contributed by atoms with E-state index in [2.05, 4.69) is 10.3 Å². The van der Waals surface area contributed by atoms with Crippen LogP contribution in [0.3, 0.4) is 0 Å². The highest BCUT2D eigenvalue weighted by Crippen LogP contribution is 2.31. The van der Waals surface area contributed by atoms with E-state index in [-0.39, 0.29) is 16.5 Å². The van der Waals surface area contributed by atoms with Crippen molar-refractivity contribution in [1.82, 2.24) is 4.98 Å². The predicted molar refractivity (Wildman–Crippen MR) is 92.3 cm³/mol. The van der Waals surface area contributed by atoms with Crippen LogP contribution in [-0.4, -0.2) is 4.98 Å². The largest absolute Gasteiger partial charge is 0.451 e. The van der Waals surface area contributed by atoms with Crippen LogP contribution in [0.4, 0.5) is 14.5 Å². The number of nitrogens with one attached hydrogen (secondary N) is 1. The third-order valence-electron chi connectivity index (χ3n) is 3.06. The van der Waals surface area contributed by atoms with Crippen LogP contribution < -0.4 is 10.1 Å². The first kappa shape index (κ1) is 17.0. The lowest BCUT2D eigenvalue weighted by molar-refractivity contribution is 0.415. The molecule has 2 aromatic carbocycles. The minimum Gasteiger partial charge on any atom is -0.451 e. The Bertz CT molecular complexity index is 873. The van der Waals surface area contributed by atoms with Gasteiger partial charge in [0.2, 0.25) is 0 Å². The van der Waals surface area contributed by atoms with Crippen molar-refractivity contribution in [3.05, 3.63) is 68.6 Å². The Morgan fingerprint density at radius 2 is 1.96 bits per heavy atom. The lowest BCUT2D eigenvalue weighted by atomic mass is 10.2. The van der Waals surface area contributed by atoms with Crippen LogP contribution in [0.15, 0.2) is 42.6 Å². The number of aromatic nitrogens is 1. The molecule has 1 heterocycles. The minimum absolute atomic E-state index is 0.0885. The molecule has 1 aromatic heterocycles. The first-order valence-corrected chi connectivity index (χ1v) is 8.35. The number of ether oxygens (including phenoxy) is 1. The summed E-state index contributed by atoms with van der Waals surface area (Å²) in [6.07, 6.45) is 1.65. The Morgan fingerprint density at radius 3 is 2.67 bits per heavy atom. The molecule has 0 aliphatic heterocycles. The normalized spacial score (nSPS) is 10.7. The molecule has 0 saturated carbocycles. The van der Waals surface area contributed by atoms with Crippen molar-refractivity contribution in [2.24, 2.45) is 0 Å². The summed E-state index contributed by atoms with van der Waals surface area (Å²) in [6, 6.07) is 8.59. The summed E-state index contributed by atoms with van der Waals surface area (Å²) in [5.41, 5.74) is 0.552. The zero-order valence-corrected chi connectivity index (χ0v) is 14.4. The highest BCUT2D eigenvalue weighted by molar-refractivity contribution is 7.15. The van der Waals surface area contributed by atoms with Crippen molar-refractivity contribution in [2.75, 3.05) is 5.32 Å². The van der Waals surface area contributed by atoms with Gasteiger partial charge in [-0.1, -0.05) is 29.3 Å². The second kappa shape index (κ2) is 7.34. The highest BCUT2D eigenvalue weighted by atomic mass is 35.5. The van der Waals surface area contributed by atoms with Gasteiger partial charge in [0.05, 0.1) is 11.6 Å². The molecule has 1 N–H and O–H groups in total. The second-order valence-electron chi connectivity index (χ2n) is 4.73. The first-order chi connectivity index (χ1) is 11.5. The van der Waals surface area contributed by atoms with Gasteiger partial charge in [0.25, 0.3) is 0 Å². The van der Waals surface area contributed by atoms with E-state index in [1.165, 1.54) is 41.7 Å². The molecule has 0 bridgehead atoms. The maximum atomic E-state index is 14.1. The summed E-state index contributed by atoms with van der Waals surface area (Å²) in [5.74, 6) is -1.59. The first-order valence-electron chi connectivity index (χ1n) is 6.78. The molecule has 24 heavy (non-hydrogen) atoms.